The number of ether oxygens (including phenoxy) is 2. The van der Waals surface area contributed by atoms with Crippen molar-refractivity contribution in [2.45, 2.75) is 6.92 Å². The zero-order valence-electron chi connectivity index (χ0n) is 15.2. The number of rotatable bonds is 7. The summed E-state index contributed by atoms with van der Waals surface area (Å²) in [6.45, 7) is 1.07. The molecule has 0 spiro atoms. The second-order valence-electron chi connectivity index (χ2n) is 5.49. The van der Waals surface area contributed by atoms with Crippen molar-refractivity contribution >= 4 is 39.9 Å². The second kappa shape index (κ2) is 10.2. The molecule has 0 bridgehead atoms. The van der Waals surface area contributed by atoms with E-state index in [1.165, 1.54) is 20.2 Å². The molecule has 0 aromatic heterocycles. The summed E-state index contributed by atoms with van der Waals surface area (Å²) >= 11 is 3.29. The summed E-state index contributed by atoms with van der Waals surface area (Å²) in [7, 11) is 1.44. The Labute approximate surface area is 170 Å². The van der Waals surface area contributed by atoms with Gasteiger partial charge in [0.25, 0.3) is 11.8 Å². The lowest BCUT2D eigenvalue weighted by atomic mass is 10.2. The van der Waals surface area contributed by atoms with Crippen molar-refractivity contribution < 1.29 is 23.9 Å². The fourth-order valence-corrected chi connectivity index (χ4v) is 2.35. The molecule has 9 heteroatoms. The smallest absolute Gasteiger partial charge is 0.308 e. The maximum atomic E-state index is 11.9. The number of hydrogen-bond acceptors (Lipinski definition) is 6. The maximum Gasteiger partial charge on any atom is 0.308 e. The molecule has 2 N–H and O–H groups in total. The number of nitrogens with one attached hydrogen (secondary N) is 2. The van der Waals surface area contributed by atoms with Gasteiger partial charge in [-0.1, -0.05) is 15.9 Å². The fourth-order valence-electron chi connectivity index (χ4n) is 2.09. The first-order valence-electron chi connectivity index (χ1n) is 8.11. The monoisotopic (exact) mass is 447 g/mol. The summed E-state index contributed by atoms with van der Waals surface area (Å²) in [5.74, 6) is -0.668. The first kappa shape index (κ1) is 21.1. The highest BCUT2D eigenvalue weighted by atomic mass is 79.9. The summed E-state index contributed by atoms with van der Waals surface area (Å²) in [6, 6.07) is 11.6. The van der Waals surface area contributed by atoms with Crippen LogP contribution in [0.4, 0.5) is 0 Å². The van der Waals surface area contributed by atoms with E-state index in [0.717, 1.165) is 4.47 Å². The van der Waals surface area contributed by atoms with E-state index in [-0.39, 0.29) is 18.2 Å². The van der Waals surface area contributed by atoms with Crippen LogP contribution < -0.4 is 20.2 Å². The average molecular weight is 448 g/mol. The predicted molar refractivity (Wildman–Crippen MR) is 107 cm³/mol. The van der Waals surface area contributed by atoms with E-state index in [4.69, 9.17) is 9.47 Å². The Morgan fingerprint density at radius 2 is 1.82 bits per heavy atom. The highest BCUT2D eigenvalue weighted by Gasteiger charge is 2.08. The van der Waals surface area contributed by atoms with Gasteiger partial charge < -0.3 is 14.8 Å². The largest absolute Gasteiger partial charge is 0.493 e. The van der Waals surface area contributed by atoms with Crippen molar-refractivity contribution in [2.24, 2.45) is 5.10 Å². The molecule has 0 aliphatic rings. The second-order valence-corrected chi connectivity index (χ2v) is 6.40. The van der Waals surface area contributed by atoms with Crippen molar-refractivity contribution in [3.8, 4) is 11.5 Å². The van der Waals surface area contributed by atoms with Gasteiger partial charge in [-0.05, 0) is 48.0 Å². The molecule has 2 rings (SSSR count). The van der Waals surface area contributed by atoms with E-state index < -0.39 is 11.9 Å². The lowest BCUT2D eigenvalue weighted by Gasteiger charge is -2.08. The van der Waals surface area contributed by atoms with Crippen molar-refractivity contribution in [3.05, 3.63) is 58.1 Å². The van der Waals surface area contributed by atoms with Crippen LogP contribution >= 0.6 is 15.9 Å². The molecule has 0 heterocycles. The minimum absolute atomic E-state index is 0.221. The molecule has 2 aromatic carbocycles. The van der Waals surface area contributed by atoms with Crippen LogP contribution in [0.1, 0.15) is 22.8 Å². The molecule has 0 atom stereocenters. The number of hydrogen-bond donors (Lipinski definition) is 2. The van der Waals surface area contributed by atoms with E-state index >= 15 is 0 Å². The van der Waals surface area contributed by atoms with Crippen molar-refractivity contribution in [2.75, 3.05) is 13.7 Å². The molecule has 0 radical (unpaired) electrons. The third kappa shape index (κ3) is 6.51. The number of esters is 1. The van der Waals surface area contributed by atoms with Gasteiger partial charge in [0.15, 0.2) is 11.5 Å². The first-order valence-corrected chi connectivity index (χ1v) is 8.90. The number of halogens is 1. The highest BCUT2D eigenvalue weighted by molar-refractivity contribution is 9.10. The fraction of sp³-hybridized carbons (Fsp3) is 0.158. The molecule has 0 saturated heterocycles. The van der Waals surface area contributed by atoms with Crippen LogP contribution in [0.15, 0.2) is 52.0 Å². The van der Waals surface area contributed by atoms with E-state index in [2.05, 4.69) is 31.8 Å². The Morgan fingerprint density at radius 3 is 2.46 bits per heavy atom. The topological polar surface area (TPSA) is 106 Å². The third-order valence-corrected chi connectivity index (χ3v) is 3.89. The van der Waals surface area contributed by atoms with E-state index in [1.54, 1.807) is 42.5 Å². The number of nitrogens with zero attached hydrogens (tertiary/aromatic N) is 1. The molecule has 146 valence electrons. The van der Waals surface area contributed by atoms with Gasteiger partial charge in [0.2, 0.25) is 0 Å². The first-order chi connectivity index (χ1) is 13.4. The highest BCUT2D eigenvalue weighted by Crippen LogP contribution is 2.27. The van der Waals surface area contributed by atoms with Crippen molar-refractivity contribution in [1.29, 1.82) is 0 Å². The SMILES string of the molecule is COc1cc(C=NNC(=O)CNC(=O)c2ccc(Br)cc2)ccc1OC(C)=O. The summed E-state index contributed by atoms with van der Waals surface area (Å²) in [5, 5.41) is 6.33. The summed E-state index contributed by atoms with van der Waals surface area (Å²) in [4.78, 5) is 34.8. The molecule has 0 unspecified atom stereocenters. The van der Waals surface area contributed by atoms with E-state index in [0.29, 0.717) is 16.9 Å². The van der Waals surface area contributed by atoms with Crippen molar-refractivity contribution in [1.82, 2.24) is 10.7 Å². The Balaban J connectivity index is 1.86. The molecule has 8 nitrogen and oxygen atoms in total. The predicted octanol–water partition coefficient (Wildman–Crippen LogP) is 2.26. The molecular formula is C19H18BrN3O5. The molecule has 0 saturated carbocycles. The minimum atomic E-state index is -0.481. The van der Waals surface area contributed by atoms with Crippen LogP contribution in [-0.2, 0) is 9.59 Å². The van der Waals surface area contributed by atoms with E-state index in [1.807, 2.05) is 0 Å². The molecule has 0 fully saturated rings. The minimum Gasteiger partial charge on any atom is -0.493 e. The quantitative estimate of drug-likeness (QED) is 0.293. The molecule has 0 aliphatic heterocycles. The van der Waals surface area contributed by atoms with Crippen LogP contribution in [0.2, 0.25) is 0 Å². The number of hydrazone groups is 1. The van der Waals surface area contributed by atoms with Gasteiger partial charge in [-0.25, -0.2) is 5.43 Å². The lowest BCUT2D eigenvalue weighted by molar-refractivity contribution is -0.132. The Bertz CT molecular complexity index is 897. The molecule has 28 heavy (non-hydrogen) atoms. The molecular weight excluding hydrogens is 430 g/mol. The maximum absolute atomic E-state index is 11.9. The zero-order valence-corrected chi connectivity index (χ0v) is 16.8. The molecule has 0 aliphatic carbocycles. The van der Waals surface area contributed by atoms with Crippen LogP contribution in [0.5, 0.6) is 11.5 Å². The van der Waals surface area contributed by atoms with Crippen LogP contribution in [0.3, 0.4) is 0 Å². The number of amides is 2. The Hall–Kier alpha value is -3.20. The normalized spacial score (nSPS) is 10.4. The molecule has 2 aromatic rings. The van der Waals surface area contributed by atoms with Gasteiger partial charge >= 0.3 is 5.97 Å². The van der Waals surface area contributed by atoms with Gasteiger partial charge in [0, 0.05) is 17.0 Å². The summed E-state index contributed by atoms with van der Waals surface area (Å²) in [6.07, 6.45) is 1.40. The number of methoxy groups -OCH3 is 1. The summed E-state index contributed by atoms with van der Waals surface area (Å²) < 4.78 is 11.0. The lowest BCUT2D eigenvalue weighted by Crippen LogP contribution is -2.34. The van der Waals surface area contributed by atoms with E-state index in [9.17, 15) is 14.4 Å². The number of carbonyl (C=O) groups is 3. The van der Waals surface area contributed by atoms with Gasteiger partial charge in [0.05, 0.1) is 19.9 Å². The number of benzene rings is 2. The average Bonchev–Trinajstić information content (AvgIpc) is 2.67. The van der Waals surface area contributed by atoms with Gasteiger partial charge in [-0.2, -0.15) is 5.10 Å². The Morgan fingerprint density at radius 1 is 1.11 bits per heavy atom. The Kier molecular flexibility index (Phi) is 7.70. The summed E-state index contributed by atoms with van der Waals surface area (Å²) in [5.41, 5.74) is 3.37. The number of carbonyl (C=O) groups excluding carboxylic acids is 3. The van der Waals surface area contributed by atoms with Gasteiger partial charge in [-0.15, -0.1) is 0 Å². The third-order valence-electron chi connectivity index (χ3n) is 3.36. The van der Waals surface area contributed by atoms with Crippen LogP contribution in [0, 0.1) is 0 Å². The van der Waals surface area contributed by atoms with Gasteiger partial charge in [0.1, 0.15) is 0 Å². The van der Waals surface area contributed by atoms with Crippen LogP contribution in [-0.4, -0.2) is 37.7 Å². The standard InChI is InChI=1S/C19H18BrN3O5/c1-12(24)28-16-8-3-13(9-17(16)27-2)10-22-23-18(25)11-21-19(26)14-4-6-15(20)7-5-14/h3-10H,11H2,1-2H3,(H,21,26)(H,23,25). The van der Waals surface area contributed by atoms with Gasteiger partial charge in [-0.3, -0.25) is 14.4 Å². The molecule has 2 amide bonds. The van der Waals surface area contributed by atoms with Crippen molar-refractivity contribution in [3.63, 3.8) is 0 Å². The zero-order chi connectivity index (χ0) is 20.5. The van der Waals surface area contributed by atoms with Crippen LogP contribution in [0.25, 0.3) is 0 Å².